The van der Waals surface area contributed by atoms with Gasteiger partial charge in [-0.05, 0) is 72.5 Å². The number of carbonyl (C=O) groups is 3. The fourth-order valence-corrected chi connectivity index (χ4v) is 5.14. The van der Waals surface area contributed by atoms with Gasteiger partial charge in [-0.15, -0.1) is 11.3 Å². The third kappa shape index (κ3) is 8.03. The lowest BCUT2D eigenvalue weighted by molar-refractivity contribution is -0.118. The average molecular weight is 533 g/mol. The lowest BCUT2D eigenvalue weighted by atomic mass is 9.96. The number of likely N-dealkylation sites (tertiary alicyclic amines) is 1. The number of nitrogens with zero attached hydrogens (tertiary/aromatic N) is 3. The molecule has 0 aliphatic carbocycles. The van der Waals surface area contributed by atoms with Crippen molar-refractivity contribution < 1.29 is 19.1 Å². The Bertz CT molecular complexity index is 1060. The Labute approximate surface area is 223 Å². The van der Waals surface area contributed by atoms with E-state index in [-0.39, 0.29) is 29.4 Å². The van der Waals surface area contributed by atoms with E-state index >= 15 is 0 Å². The fourth-order valence-electron chi connectivity index (χ4n) is 4.35. The molecule has 0 radical (unpaired) electrons. The minimum atomic E-state index is -0.681. The van der Waals surface area contributed by atoms with E-state index in [1.807, 2.05) is 23.2 Å². The summed E-state index contributed by atoms with van der Waals surface area (Å²) in [6.07, 6.45) is 7.35. The van der Waals surface area contributed by atoms with Crippen LogP contribution in [0.4, 0.5) is 9.93 Å². The molecule has 0 bridgehead atoms. The molecule has 10 nitrogen and oxygen atoms in total. The molecular weight excluding hydrogens is 492 g/mol. The van der Waals surface area contributed by atoms with Gasteiger partial charge in [0.05, 0.1) is 18.4 Å². The van der Waals surface area contributed by atoms with Crippen LogP contribution < -0.4 is 16.0 Å². The van der Waals surface area contributed by atoms with Gasteiger partial charge in [0.25, 0.3) is 5.91 Å². The van der Waals surface area contributed by atoms with Crippen molar-refractivity contribution in [2.75, 3.05) is 39.1 Å². The molecule has 3 amide bonds. The van der Waals surface area contributed by atoms with Crippen LogP contribution in [0.3, 0.4) is 0 Å². The molecule has 2 atom stereocenters. The van der Waals surface area contributed by atoms with Crippen LogP contribution in [0, 0.1) is 0 Å². The minimum absolute atomic E-state index is 0.0960. The van der Waals surface area contributed by atoms with Gasteiger partial charge < -0.3 is 30.2 Å². The van der Waals surface area contributed by atoms with E-state index in [1.165, 1.54) is 18.4 Å². The molecule has 37 heavy (non-hydrogen) atoms. The van der Waals surface area contributed by atoms with Gasteiger partial charge in [-0.2, -0.15) is 0 Å². The summed E-state index contributed by atoms with van der Waals surface area (Å²) in [6, 6.07) is 1.09. The number of ether oxygens (including phenoxy) is 1. The van der Waals surface area contributed by atoms with Crippen molar-refractivity contribution in [1.29, 1.82) is 0 Å². The molecule has 204 valence electrons. The van der Waals surface area contributed by atoms with Gasteiger partial charge in [-0.3, -0.25) is 9.59 Å². The largest absolute Gasteiger partial charge is 0.453 e. The highest BCUT2D eigenvalue weighted by molar-refractivity contribution is 7.13. The molecule has 11 heteroatoms. The summed E-state index contributed by atoms with van der Waals surface area (Å²) in [5.74, 6) is -0.464. The lowest BCUT2D eigenvalue weighted by Crippen LogP contribution is -2.43. The molecule has 0 spiro atoms. The van der Waals surface area contributed by atoms with Gasteiger partial charge >= 0.3 is 6.09 Å². The number of thiazole rings is 1. The predicted molar refractivity (Wildman–Crippen MR) is 145 cm³/mol. The van der Waals surface area contributed by atoms with Crippen molar-refractivity contribution in [3.8, 4) is 0 Å². The van der Waals surface area contributed by atoms with Gasteiger partial charge in [0, 0.05) is 42.3 Å². The number of anilines is 1. The Morgan fingerprint density at radius 2 is 2.05 bits per heavy atom. The van der Waals surface area contributed by atoms with Crippen LogP contribution in [0.5, 0.6) is 0 Å². The van der Waals surface area contributed by atoms with Crippen molar-refractivity contribution in [3.05, 3.63) is 35.1 Å². The molecule has 0 saturated carbocycles. The molecule has 1 fully saturated rings. The zero-order valence-electron chi connectivity index (χ0n) is 22.5. The Balaban J connectivity index is 1.65. The number of amides is 3. The molecule has 1 aliphatic rings. The number of methoxy groups -OCH3 is 1. The van der Waals surface area contributed by atoms with E-state index in [0.29, 0.717) is 30.2 Å². The van der Waals surface area contributed by atoms with Crippen LogP contribution in [-0.4, -0.2) is 72.2 Å². The van der Waals surface area contributed by atoms with E-state index in [1.54, 1.807) is 17.2 Å². The first-order valence-corrected chi connectivity index (χ1v) is 13.7. The summed E-state index contributed by atoms with van der Waals surface area (Å²) in [5.41, 5.74) is 1.23. The van der Waals surface area contributed by atoms with E-state index in [2.05, 4.69) is 41.7 Å². The second-order valence-corrected chi connectivity index (χ2v) is 11.3. The summed E-state index contributed by atoms with van der Waals surface area (Å²) in [5, 5.41) is 11.4. The topological polar surface area (TPSA) is 118 Å². The molecule has 2 unspecified atom stereocenters. The van der Waals surface area contributed by atoms with Crippen molar-refractivity contribution in [2.24, 2.45) is 0 Å². The summed E-state index contributed by atoms with van der Waals surface area (Å²) in [4.78, 5) is 44.5. The molecule has 3 N–H and O–H groups in total. The van der Waals surface area contributed by atoms with Gasteiger partial charge in [0.15, 0.2) is 5.13 Å². The summed E-state index contributed by atoms with van der Waals surface area (Å²) in [6.45, 7) is 8.25. The first-order chi connectivity index (χ1) is 17.6. The molecule has 1 aliphatic heterocycles. The van der Waals surface area contributed by atoms with E-state index in [4.69, 9.17) is 4.74 Å². The summed E-state index contributed by atoms with van der Waals surface area (Å²) >= 11 is 1.35. The van der Waals surface area contributed by atoms with E-state index in [9.17, 15) is 14.4 Å². The maximum atomic E-state index is 13.2. The third-order valence-corrected chi connectivity index (χ3v) is 7.32. The maximum Gasteiger partial charge on any atom is 0.409 e. The Morgan fingerprint density at radius 3 is 2.73 bits per heavy atom. The average Bonchev–Trinajstić information content (AvgIpc) is 3.56. The number of hydrogen-bond donors (Lipinski definition) is 3. The molecule has 3 rings (SSSR count). The zero-order chi connectivity index (χ0) is 27.0. The number of carbonyl (C=O) groups excluding carboxylic acids is 3. The number of hydrogen-bond acceptors (Lipinski definition) is 7. The summed E-state index contributed by atoms with van der Waals surface area (Å²) < 4.78 is 6.84. The SMILES string of the molecule is CNCCCCC(NC(=O)c1ccn(C(C)(C)C)c1)C(=O)Nc1nc(C2CCCN(C(=O)OC)C2)cs1. The first kappa shape index (κ1) is 28.6. The van der Waals surface area contributed by atoms with Gasteiger partial charge in [0.2, 0.25) is 5.91 Å². The molecule has 1 saturated heterocycles. The number of nitrogens with one attached hydrogen (secondary N) is 3. The smallest absolute Gasteiger partial charge is 0.409 e. The number of aromatic nitrogens is 2. The molecule has 2 aromatic rings. The Kier molecular flexibility index (Phi) is 10.1. The van der Waals surface area contributed by atoms with Gasteiger partial charge in [-0.25, -0.2) is 9.78 Å². The second kappa shape index (κ2) is 13.0. The molecule has 2 aromatic heterocycles. The van der Waals surface area contributed by atoms with Crippen LogP contribution in [0.2, 0.25) is 0 Å². The highest BCUT2D eigenvalue weighted by Crippen LogP contribution is 2.30. The van der Waals surface area contributed by atoms with Crippen LogP contribution in [-0.2, 0) is 15.1 Å². The molecule has 0 aromatic carbocycles. The zero-order valence-corrected chi connectivity index (χ0v) is 23.3. The van der Waals surface area contributed by atoms with E-state index in [0.717, 1.165) is 37.9 Å². The number of piperidine rings is 1. The van der Waals surface area contributed by atoms with Gasteiger partial charge in [0.1, 0.15) is 6.04 Å². The van der Waals surface area contributed by atoms with Crippen LogP contribution in [0.25, 0.3) is 0 Å². The van der Waals surface area contributed by atoms with Crippen molar-refractivity contribution >= 4 is 34.4 Å². The third-order valence-electron chi connectivity index (χ3n) is 6.55. The van der Waals surface area contributed by atoms with Crippen molar-refractivity contribution in [3.63, 3.8) is 0 Å². The quantitative estimate of drug-likeness (QED) is 0.401. The number of unbranched alkanes of at least 4 members (excludes halogenated alkanes) is 1. The van der Waals surface area contributed by atoms with Crippen LogP contribution in [0.15, 0.2) is 23.8 Å². The Hall–Kier alpha value is -2.92. The highest BCUT2D eigenvalue weighted by atomic mass is 32.1. The van der Waals surface area contributed by atoms with E-state index < -0.39 is 6.04 Å². The minimum Gasteiger partial charge on any atom is -0.453 e. The Morgan fingerprint density at radius 1 is 1.27 bits per heavy atom. The maximum absolute atomic E-state index is 13.2. The monoisotopic (exact) mass is 532 g/mol. The predicted octanol–water partition coefficient (Wildman–Crippen LogP) is 3.77. The lowest BCUT2D eigenvalue weighted by Gasteiger charge is -2.30. The van der Waals surface area contributed by atoms with Crippen LogP contribution >= 0.6 is 11.3 Å². The fraction of sp³-hybridized carbons (Fsp3) is 0.615. The van der Waals surface area contributed by atoms with Crippen molar-refractivity contribution in [2.45, 2.75) is 70.4 Å². The van der Waals surface area contributed by atoms with Crippen molar-refractivity contribution in [1.82, 2.24) is 25.1 Å². The standard InChI is InChI=1S/C26H40N6O4S/c1-26(2,3)32-14-11-19(16-32)22(33)28-20(10-6-7-12-27-4)23(34)30-24-29-21(17-37-24)18-9-8-13-31(15-18)25(35)36-5/h11,14,16-18,20,27H,6-10,12-13,15H2,1-5H3,(H,28,33)(H,29,30,34). The van der Waals surface area contributed by atoms with Crippen LogP contribution in [0.1, 0.15) is 74.8 Å². The highest BCUT2D eigenvalue weighted by Gasteiger charge is 2.28. The first-order valence-electron chi connectivity index (χ1n) is 12.9. The normalized spacial score (nSPS) is 16.8. The van der Waals surface area contributed by atoms with Gasteiger partial charge in [-0.1, -0.05) is 0 Å². The molecular formula is C26H40N6O4S. The molecule has 3 heterocycles. The summed E-state index contributed by atoms with van der Waals surface area (Å²) in [7, 11) is 3.28. The number of rotatable bonds is 10. The second-order valence-electron chi connectivity index (χ2n) is 10.4.